The molecule has 0 bridgehead atoms. The SMILES string of the molecule is C1=C(c2ccc3c(c2)CCO3)CC[N]C1. The highest BCUT2D eigenvalue weighted by Crippen LogP contribution is 2.29. The van der Waals surface area contributed by atoms with Crippen molar-refractivity contribution in [3.8, 4) is 5.75 Å². The summed E-state index contributed by atoms with van der Waals surface area (Å²) in [5.41, 5.74) is 4.16. The molecule has 3 rings (SSSR count). The molecule has 0 amide bonds. The van der Waals surface area contributed by atoms with Crippen molar-refractivity contribution in [3.05, 3.63) is 35.4 Å². The van der Waals surface area contributed by atoms with E-state index in [1.165, 1.54) is 16.7 Å². The lowest BCUT2D eigenvalue weighted by atomic mass is 9.98. The predicted molar refractivity (Wildman–Crippen MR) is 60.1 cm³/mol. The predicted octanol–water partition coefficient (Wildman–Crippen LogP) is 2.01. The molecule has 77 valence electrons. The Bertz CT molecular complexity index is 409. The normalized spacial score (nSPS) is 19.3. The van der Waals surface area contributed by atoms with Crippen LogP contribution in [0.25, 0.3) is 5.57 Å². The first-order valence-electron chi connectivity index (χ1n) is 5.52. The third-order valence-corrected chi connectivity index (χ3v) is 3.07. The van der Waals surface area contributed by atoms with Gasteiger partial charge in [-0.25, -0.2) is 5.32 Å². The fourth-order valence-electron chi connectivity index (χ4n) is 2.22. The van der Waals surface area contributed by atoms with E-state index in [1.54, 1.807) is 0 Å². The minimum absolute atomic E-state index is 0.840. The maximum atomic E-state index is 5.50. The van der Waals surface area contributed by atoms with Gasteiger partial charge in [-0.3, -0.25) is 0 Å². The number of hydrogen-bond acceptors (Lipinski definition) is 1. The Morgan fingerprint density at radius 2 is 2.20 bits per heavy atom. The molecule has 2 aliphatic heterocycles. The van der Waals surface area contributed by atoms with Crippen LogP contribution in [0.4, 0.5) is 0 Å². The van der Waals surface area contributed by atoms with Crippen molar-refractivity contribution in [3.63, 3.8) is 0 Å². The summed E-state index contributed by atoms with van der Waals surface area (Å²) < 4.78 is 5.50. The van der Waals surface area contributed by atoms with E-state index in [0.29, 0.717) is 0 Å². The van der Waals surface area contributed by atoms with E-state index in [9.17, 15) is 0 Å². The fraction of sp³-hybridized carbons (Fsp3) is 0.385. The average Bonchev–Trinajstić information content (AvgIpc) is 2.77. The van der Waals surface area contributed by atoms with E-state index in [1.807, 2.05) is 0 Å². The Kier molecular flexibility index (Phi) is 2.22. The zero-order valence-electron chi connectivity index (χ0n) is 8.70. The number of fused-ring (bicyclic) bond motifs is 1. The van der Waals surface area contributed by atoms with Gasteiger partial charge in [0.2, 0.25) is 0 Å². The van der Waals surface area contributed by atoms with Crippen LogP contribution in [0.2, 0.25) is 0 Å². The molecule has 1 radical (unpaired) electrons. The summed E-state index contributed by atoms with van der Waals surface area (Å²) in [6.07, 6.45) is 4.38. The van der Waals surface area contributed by atoms with Crippen molar-refractivity contribution < 1.29 is 4.74 Å². The monoisotopic (exact) mass is 200 g/mol. The molecular formula is C13H14NO. The molecule has 0 aromatic heterocycles. The van der Waals surface area contributed by atoms with Crippen LogP contribution in [0.15, 0.2) is 24.3 Å². The summed E-state index contributed by atoms with van der Waals surface area (Å²) in [4.78, 5) is 0. The highest BCUT2D eigenvalue weighted by atomic mass is 16.5. The van der Waals surface area contributed by atoms with E-state index in [-0.39, 0.29) is 0 Å². The van der Waals surface area contributed by atoms with Crippen molar-refractivity contribution in [1.82, 2.24) is 5.32 Å². The van der Waals surface area contributed by atoms with E-state index >= 15 is 0 Å². The van der Waals surface area contributed by atoms with Gasteiger partial charge in [0, 0.05) is 19.5 Å². The maximum Gasteiger partial charge on any atom is 0.122 e. The Balaban J connectivity index is 1.95. The summed E-state index contributed by atoms with van der Waals surface area (Å²) in [7, 11) is 0. The molecule has 0 saturated carbocycles. The van der Waals surface area contributed by atoms with Gasteiger partial charge in [-0.2, -0.15) is 0 Å². The van der Waals surface area contributed by atoms with Gasteiger partial charge in [-0.05, 0) is 35.3 Å². The van der Waals surface area contributed by atoms with Crippen molar-refractivity contribution in [2.45, 2.75) is 12.8 Å². The van der Waals surface area contributed by atoms with Crippen LogP contribution in [-0.4, -0.2) is 19.7 Å². The second-order valence-electron chi connectivity index (χ2n) is 4.03. The Hall–Kier alpha value is -1.28. The first-order chi connectivity index (χ1) is 7.43. The standard InChI is InChI=1S/C13H14NO/c1-2-13-12(5-8-15-13)9-11(1)10-3-6-14-7-4-10/h1-3,9H,4-8H2. The molecule has 2 aliphatic rings. The lowest BCUT2D eigenvalue weighted by Gasteiger charge is -2.13. The van der Waals surface area contributed by atoms with Crippen LogP contribution in [0, 0.1) is 0 Å². The topological polar surface area (TPSA) is 23.3 Å². The Morgan fingerprint density at radius 3 is 3.07 bits per heavy atom. The smallest absolute Gasteiger partial charge is 0.122 e. The van der Waals surface area contributed by atoms with Crippen molar-refractivity contribution >= 4 is 5.57 Å². The van der Waals surface area contributed by atoms with Crippen LogP contribution in [-0.2, 0) is 6.42 Å². The fourth-order valence-corrected chi connectivity index (χ4v) is 2.22. The second-order valence-corrected chi connectivity index (χ2v) is 4.03. The molecule has 2 heteroatoms. The van der Waals surface area contributed by atoms with Crippen molar-refractivity contribution in [2.75, 3.05) is 19.7 Å². The second kappa shape index (κ2) is 3.70. The molecule has 15 heavy (non-hydrogen) atoms. The zero-order chi connectivity index (χ0) is 10.1. The van der Waals surface area contributed by atoms with Gasteiger partial charge in [0.15, 0.2) is 0 Å². The lowest BCUT2D eigenvalue weighted by Crippen LogP contribution is -2.12. The van der Waals surface area contributed by atoms with Gasteiger partial charge in [0.1, 0.15) is 5.75 Å². The highest BCUT2D eigenvalue weighted by Gasteiger charge is 2.14. The molecule has 0 atom stereocenters. The summed E-state index contributed by atoms with van der Waals surface area (Å²) >= 11 is 0. The number of hydrogen-bond donors (Lipinski definition) is 0. The molecule has 0 fully saturated rings. The molecule has 0 N–H and O–H groups in total. The number of rotatable bonds is 1. The quantitative estimate of drug-likeness (QED) is 0.680. The molecule has 0 spiro atoms. The molecule has 0 aliphatic carbocycles. The third kappa shape index (κ3) is 1.65. The van der Waals surface area contributed by atoms with Crippen LogP contribution >= 0.6 is 0 Å². The first kappa shape index (κ1) is 8.98. The molecular weight excluding hydrogens is 186 g/mol. The molecule has 0 saturated heterocycles. The van der Waals surface area contributed by atoms with Gasteiger partial charge in [-0.15, -0.1) is 0 Å². The van der Waals surface area contributed by atoms with Gasteiger partial charge in [0.25, 0.3) is 0 Å². The number of nitrogens with zero attached hydrogens (tertiary/aromatic N) is 1. The Morgan fingerprint density at radius 1 is 1.20 bits per heavy atom. The van der Waals surface area contributed by atoms with Gasteiger partial charge >= 0.3 is 0 Å². The van der Waals surface area contributed by atoms with Crippen LogP contribution in [0.3, 0.4) is 0 Å². The minimum atomic E-state index is 0.840. The van der Waals surface area contributed by atoms with Crippen LogP contribution in [0.1, 0.15) is 17.5 Å². The average molecular weight is 200 g/mol. The number of ether oxygens (including phenoxy) is 1. The molecule has 2 heterocycles. The highest BCUT2D eigenvalue weighted by molar-refractivity contribution is 5.68. The molecule has 0 unspecified atom stereocenters. The van der Waals surface area contributed by atoms with E-state index in [4.69, 9.17) is 4.74 Å². The Labute approximate surface area is 89.9 Å². The third-order valence-electron chi connectivity index (χ3n) is 3.07. The van der Waals surface area contributed by atoms with Crippen LogP contribution in [0.5, 0.6) is 5.75 Å². The molecule has 1 aromatic carbocycles. The summed E-state index contributed by atoms with van der Waals surface area (Å²) in [5, 5.41) is 4.32. The molecule has 1 aromatic rings. The van der Waals surface area contributed by atoms with Crippen molar-refractivity contribution in [2.24, 2.45) is 0 Å². The molecule has 2 nitrogen and oxygen atoms in total. The van der Waals surface area contributed by atoms with Crippen molar-refractivity contribution in [1.29, 1.82) is 0 Å². The summed E-state index contributed by atoms with van der Waals surface area (Å²) in [5.74, 6) is 1.07. The number of benzene rings is 1. The summed E-state index contributed by atoms with van der Waals surface area (Å²) in [6, 6.07) is 6.55. The van der Waals surface area contributed by atoms with E-state index in [2.05, 4.69) is 29.6 Å². The maximum absolute atomic E-state index is 5.50. The zero-order valence-corrected chi connectivity index (χ0v) is 8.70. The van der Waals surface area contributed by atoms with Gasteiger partial charge in [0.05, 0.1) is 6.61 Å². The van der Waals surface area contributed by atoms with Gasteiger partial charge in [-0.1, -0.05) is 12.1 Å². The first-order valence-corrected chi connectivity index (χ1v) is 5.52. The van der Waals surface area contributed by atoms with E-state index in [0.717, 1.165) is 38.3 Å². The minimum Gasteiger partial charge on any atom is -0.493 e. The lowest BCUT2D eigenvalue weighted by molar-refractivity contribution is 0.357. The largest absolute Gasteiger partial charge is 0.493 e. The van der Waals surface area contributed by atoms with E-state index < -0.39 is 0 Å². The van der Waals surface area contributed by atoms with Crippen LogP contribution < -0.4 is 10.1 Å². The van der Waals surface area contributed by atoms with Gasteiger partial charge < -0.3 is 4.74 Å². The summed E-state index contributed by atoms with van der Waals surface area (Å²) in [6.45, 7) is 2.69.